The van der Waals surface area contributed by atoms with Crippen molar-refractivity contribution in [2.24, 2.45) is 11.7 Å². The number of carbonyl (C=O) groups is 1. The van der Waals surface area contributed by atoms with Crippen molar-refractivity contribution in [1.29, 1.82) is 0 Å². The third-order valence-corrected chi connectivity index (χ3v) is 4.37. The minimum absolute atomic E-state index is 0. The average molecular weight is 365 g/mol. The van der Waals surface area contributed by atoms with Crippen LogP contribution in [0, 0.1) is 5.92 Å². The maximum Gasteiger partial charge on any atom is 0.272 e. The van der Waals surface area contributed by atoms with E-state index in [9.17, 15) is 9.59 Å². The van der Waals surface area contributed by atoms with E-state index in [1.54, 1.807) is 0 Å². The molecule has 1 atom stereocenters. The summed E-state index contributed by atoms with van der Waals surface area (Å²) in [6.07, 6.45) is 0. The highest BCUT2D eigenvalue weighted by Gasteiger charge is 2.29. The topological polar surface area (TPSA) is 90.0 Å². The lowest BCUT2D eigenvalue weighted by atomic mass is 9.88. The number of halogens is 1. The van der Waals surface area contributed by atoms with Gasteiger partial charge < -0.3 is 11.1 Å². The zero-order valence-corrected chi connectivity index (χ0v) is 15.5. The zero-order chi connectivity index (χ0) is 17.7. The number of nitrogens with two attached hydrogens (primary N) is 1. The summed E-state index contributed by atoms with van der Waals surface area (Å²) in [6.45, 7) is 6.53. The summed E-state index contributed by atoms with van der Waals surface area (Å²) in [6, 6.07) is 12.3. The van der Waals surface area contributed by atoms with Crippen LogP contribution in [0.1, 0.15) is 36.8 Å². The zero-order valence-electron chi connectivity index (χ0n) is 14.7. The van der Waals surface area contributed by atoms with Gasteiger partial charge in [0, 0.05) is 12.6 Å². The van der Waals surface area contributed by atoms with Crippen LogP contribution in [0.5, 0.6) is 0 Å². The van der Waals surface area contributed by atoms with Crippen LogP contribution in [-0.4, -0.2) is 27.8 Å². The van der Waals surface area contributed by atoms with Crippen LogP contribution in [0.3, 0.4) is 0 Å². The van der Waals surface area contributed by atoms with Gasteiger partial charge in [-0.1, -0.05) is 44.2 Å². The second-order valence-corrected chi connectivity index (χ2v) is 6.43. The minimum atomic E-state index is -0.529. The fourth-order valence-electron chi connectivity index (χ4n) is 2.19. The predicted octanol–water partition coefficient (Wildman–Crippen LogP) is 1.82. The van der Waals surface area contributed by atoms with Crippen LogP contribution in [0.2, 0.25) is 0 Å². The Morgan fingerprint density at radius 1 is 1.24 bits per heavy atom. The maximum atomic E-state index is 12.5. The van der Waals surface area contributed by atoms with Crippen molar-refractivity contribution in [2.45, 2.75) is 32.9 Å². The number of rotatable bonds is 6. The summed E-state index contributed by atoms with van der Waals surface area (Å²) >= 11 is 0. The molecule has 0 bridgehead atoms. The Balaban J connectivity index is 0.00000312. The number of hydrogen-bond acceptors (Lipinski definition) is 4. The molecule has 0 saturated carbocycles. The van der Waals surface area contributed by atoms with Gasteiger partial charge in [-0.15, -0.1) is 12.4 Å². The predicted molar refractivity (Wildman–Crippen MR) is 101 cm³/mol. The van der Waals surface area contributed by atoms with Gasteiger partial charge in [0.1, 0.15) is 5.69 Å². The molecule has 0 aliphatic heterocycles. The molecule has 136 valence electrons. The van der Waals surface area contributed by atoms with Gasteiger partial charge in [-0.2, -0.15) is 5.10 Å². The van der Waals surface area contributed by atoms with E-state index in [4.69, 9.17) is 5.73 Å². The largest absolute Gasteiger partial charge is 0.344 e. The van der Waals surface area contributed by atoms with Gasteiger partial charge in [0.05, 0.1) is 12.1 Å². The first-order chi connectivity index (χ1) is 11.4. The lowest BCUT2D eigenvalue weighted by Gasteiger charge is -2.33. The molecule has 1 aromatic carbocycles. The molecule has 2 aromatic rings. The van der Waals surface area contributed by atoms with Gasteiger partial charge >= 0.3 is 0 Å². The molecular formula is C18H25ClN4O2. The van der Waals surface area contributed by atoms with E-state index in [2.05, 4.69) is 10.4 Å². The van der Waals surface area contributed by atoms with Gasteiger partial charge in [-0.25, -0.2) is 4.68 Å². The normalized spacial score (nSPS) is 13.0. The molecule has 3 N–H and O–H groups in total. The van der Waals surface area contributed by atoms with Crippen molar-refractivity contribution in [2.75, 3.05) is 6.54 Å². The Kier molecular flexibility index (Phi) is 7.33. The van der Waals surface area contributed by atoms with Crippen LogP contribution < -0.4 is 16.6 Å². The molecule has 1 amide bonds. The highest BCUT2D eigenvalue weighted by molar-refractivity contribution is 5.92. The van der Waals surface area contributed by atoms with Crippen molar-refractivity contribution in [3.63, 3.8) is 0 Å². The van der Waals surface area contributed by atoms with E-state index >= 15 is 0 Å². The van der Waals surface area contributed by atoms with E-state index in [1.165, 1.54) is 16.8 Å². The van der Waals surface area contributed by atoms with Crippen LogP contribution in [0.4, 0.5) is 0 Å². The summed E-state index contributed by atoms with van der Waals surface area (Å²) in [5.41, 5.74) is 6.17. The van der Waals surface area contributed by atoms with E-state index in [-0.39, 0.29) is 35.5 Å². The SMILES string of the molecule is CC(C)C(C)(CN)NC(=O)c1ccc(=O)n(Cc2ccccc2)n1.Cl. The molecule has 0 aliphatic carbocycles. The van der Waals surface area contributed by atoms with Crippen molar-refractivity contribution >= 4 is 18.3 Å². The van der Waals surface area contributed by atoms with Crippen molar-refractivity contribution in [1.82, 2.24) is 15.1 Å². The first-order valence-electron chi connectivity index (χ1n) is 8.00. The van der Waals surface area contributed by atoms with Gasteiger partial charge in [0.25, 0.3) is 11.5 Å². The van der Waals surface area contributed by atoms with Gasteiger partial charge in [-0.3, -0.25) is 9.59 Å². The summed E-state index contributed by atoms with van der Waals surface area (Å²) in [5, 5.41) is 7.12. The van der Waals surface area contributed by atoms with Crippen LogP contribution in [-0.2, 0) is 6.54 Å². The lowest BCUT2D eigenvalue weighted by molar-refractivity contribution is 0.0875. The molecule has 1 aromatic heterocycles. The standard InChI is InChI=1S/C18H24N4O2.ClH/c1-13(2)18(3,12-19)20-17(24)15-9-10-16(23)22(21-15)11-14-7-5-4-6-8-14;/h4-10,13H,11-12,19H2,1-3H3,(H,20,24);1H. The Morgan fingerprint density at radius 2 is 1.88 bits per heavy atom. The third kappa shape index (κ3) is 5.14. The number of aromatic nitrogens is 2. The van der Waals surface area contributed by atoms with E-state index in [1.807, 2.05) is 51.1 Å². The smallest absolute Gasteiger partial charge is 0.272 e. The fourth-order valence-corrected chi connectivity index (χ4v) is 2.19. The number of nitrogens with zero attached hydrogens (tertiary/aromatic N) is 2. The lowest BCUT2D eigenvalue weighted by Crippen LogP contribution is -2.55. The number of amides is 1. The Hall–Kier alpha value is -2.18. The average Bonchev–Trinajstić information content (AvgIpc) is 2.57. The van der Waals surface area contributed by atoms with Crippen molar-refractivity contribution in [3.05, 3.63) is 64.1 Å². The number of benzene rings is 1. The Bertz CT molecular complexity index is 761. The summed E-state index contributed by atoms with van der Waals surface area (Å²) in [5.74, 6) is -0.167. The van der Waals surface area contributed by atoms with E-state index in [0.717, 1.165) is 5.56 Å². The summed E-state index contributed by atoms with van der Waals surface area (Å²) in [4.78, 5) is 24.5. The van der Waals surface area contributed by atoms with Crippen molar-refractivity contribution in [3.8, 4) is 0 Å². The van der Waals surface area contributed by atoms with E-state index < -0.39 is 5.54 Å². The first-order valence-corrected chi connectivity index (χ1v) is 8.00. The molecule has 0 aliphatic rings. The molecule has 25 heavy (non-hydrogen) atoms. The molecule has 0 saturated heterocycles. The minimum Gasteiger partial charge on any atom is -0.344 e. The maximum absolute atomic E-state index is 12.5. The van der Waals surface area contributed by atoms with Gasteiger partial charge in [0.15, 0.2) is 0 Å². The third-order valence-electron chi connectivity index (χ3n) is 4.37. The molecule has 2 rings (SSSR count). The molecule has 7 heteroatoms. The van der Waals surface area contributed by atoms with Crippen molar-refractivity contribution < 1.29 is 4.79 Å². The molecule has 0 radical (unpaired) electrons. The molecule has 1 unspecified atom stereocenters. The molecular weight excluding hydrogens is 340 g/mol. The Morgan fingerprint density at radius 3 is 2.44 bits per heavy atom. The second-order valence-electron chi connectivity index (χ2n) is 6.43. The van der Waals surface area contributed by atoms with Crippen LogP contribution >= 0.6 is 12.4 Å². The van der Waals surface area contributed by atoms with Crippen LogP contribution in [0.25, 0.3) is 0 Å². The van der Waals surface area contributed by atoms with Gasteiger partial charge in [-0.05, 0) is 24.5 Å². The monoisotopic (exact) mass is 364 g/mol. The number of hydrogen-bond donors (Lipinski definition) is 2. The van der Waals surface area contributed by atoms with E-state index in [0.29, 0.717) is 13.1 Å². The number of nitrogens with one attached hydrogen (secondary N) is 1. The highest BCUT2D eigenvalue weighted by Crippen LogP contribution is 2.15. The molecule has 1 heterocycles. The quantitative estimate of drug-likeness (QED) is 0.818. The summed E-state index contributed by atoms with van der Waals surface area (Å²) < 4.78 is 1.29. The molecule has 0 spiro atoms. The second kappa shape index (κ2) is 8.78. The van der Waals surface area contributed by atoms with Gasteiger partial charge in [0.2, 0.25) is 0 Å². The number of carbonyl (C=O) groups excluding carboxylic acids is 1. The summed E-state index contributed by atoms with van der Waals surface area (Å²) in [7, 11) is 0. The molecule has 6 nitrogen and oxygen atoms in total. The van der Waals surface area contributed by atoms with Crippen LogP contribution in [0.15, 0.2) is 47.3 Å². The highest BCUT2D eigenvalue weighted by atomic mass is 35.5. The Labute approximate surface area is 153 Å². The molecule has 0 fully saturated rings. The fraction of sp³-hybridized carbons (Fsp3) is 0.389. The first kappa shape index (κ1) is 20.9.